The maximum absolute atomic E-state index is 9.36. The third kappa shape index (κ3) is 9.31. The van der Waals surface area contributed by atoms with E-state index in [2.05, 4.69) is 18.4 Å². The molecular formula is C12H20O2. The summed E-state index contributed by atoms with van der Waals surface area (Å²) in [6.45, 7) is 8.78. The zero-order valence-electron chi connectivity index (χ0n) is 9.34. The Morgan fingerprint density at radius 3 is 2.64 bits per heavy atom. The smallest absolute Gasteiger partial charge is 0.160 e. The fourth-order valence-electron chi connectivity index (χ4n) is 1.06. The molecule has 0 radical (unpaired) electrons. The molecular weight excluding hydrogens is 176 g/mol. The molecule has 0 fully saturated rings. The van der Waals surface area contributed by atoms with Gasteiger partial charge in [0.2, 0.25) is 0 Å². The Morgan fingerprint density at radius 1 is 1.50 bits per heavy atom. The van der Waals surface area contributed by atoms with Gasteiger partial charge in [-0.3, -0.25) is 0 Å². The van der Waals surface area contributed by atoms with Crippen molar-refractivity contribution in [1.29, 1.82) is 0 Å². The molecule has 0 aliphatic heterocycles. The molecule has 0 amide bonds. The summed E-state index contributed by atoms with van der Waals surface area (Å²) in [5.41, 5.74) is 0. The van der Waals surface area contributed by atoms with Crippen LogP contribution in [0.25, 0.3) is 0 Å². The lowest BCUT2D eigenvalue weighted by Gasteiger charge is -2.23. The Kier molecular flexibility index (Phi) is 6.27. The molecule has 1 N–H and O–H groups in total. The highest BCUT2D eigenvalue weighted by atomic mass is 16.6. The van der Waals surface area contributed by atoms with Crippen molar-refractivity contribution in [1.82, 2.24) is 0 Å². The Labute approximate surface area is 87.0 Å². The molecule has 0 aromatic carbocycles. The van der Waals surface area contributed by atoms with Gasteiger partial charge in [-0.15, -0.1) is 12.5 Å². The normalized spacial score (nSPS) is 12.9. The number of aliphatic hydroxyl groups is 1. The predicted octanol–water partition coefficient (Wildman–Crippen LogP) is 2.48. The molecule has 2 heteroatoms. The summed E-state index contributed by atoms with van der Waals surface area (Å²) in [6.07, 6.45) is 4.19. The van der Waals surface area contributed by atoms with Crippen LogP contribution in [0, 0.1) is 11.8 Å². The van der Waals surface area contributed by atoms with Crippen LogP contribution in [0.1, 0.15) is 40.0 Å². The van der Waals surface area contributed by atoms with Gasteiger partial charge in [-0.05, 0) is 27.2 Å². The van der Waals surface area contributed by atoms with E-state index in [1.54, 1.807) is 19.9 Å². The highest BCUT2D eigenvalue weighted by molar-refractivity contribution is 5.02. The van der Waals surface area contributed by atoms with Crippen molar-refractivity contribution in [2.45, 2.75) is 51.9 Å². The molecule has 2 nitrogen and oxygen atoms in total. The van der Waals surface area contributed by atoms with E-state index >= 15 is 0 Å². The van der Waals surface area contributed by atoms with Crippen LogP contribution in [0.5, 0.6) is 0 Å². The van der Waals surface area contributed by atoms with Crippen LogP contribution in [0.15, 0.2) is 12.7 Å². The molecule has 0 aliphatic rings. The van der Waals surface area contributed by atoms with Gasteiger partial charge in [0, 0.05) is 12.8 Å². The first-order valence-electron chi connectivity index (χ1n) is 4.92. The van der Waals surface area contributed by atoms with Crippen LogP contribution < -0.4 is 0 Å². The lowest BCUT2D eigenvalue weighted by atomic mass is 10.2. The number of hydrogen-bond donors (Lipinski definition) is 1. The highest BCUT2D eigenvalue weighted by Gasteiger charge is 2.16. The summed E-state index contributed by atoms with van der Waals surface area (Å²) < 4.78 is 5.31. The highest BCUT2D eigenvalue weighted by Crippen LogP contribution is 2.11. The van der Waals surface area contributed by atoms with Gasteiger partial charge in [0.15, 0.2) is 5.79 Å². The minimum absolute atomic E-state index is 0.0352. The summed E-state index contributed by atoms with van der Waals surface area (Å²) in [5, 5.41) is 9.36. The molecule has 0 heterocycles. The fraction of sp³-hybridized carbons (Fsp3) is 0.667. The average Bonchev–Trinajstić information content (AvgIpc) is 2.00. The van der Waals surface area contributed by atoms with Crippen molar-refractivity contribution in [3.05, 3.63) is 12.7 Å². The van der Waals surface area contributed by atoms with E-state index in [-0.39, 0.29) is 6.10 Å². The van der Waals surface area contributed by atoms with E-state index in [1.165, 1.54) is 0 Å². The quantitative estimate of drug-likeness (QED) is 0.416. The zero-order valence-corrected chi connectivity index (χ0v) is 9.34. The second kappa shape index (κ2) is 6.64. The molecule has 0 saturated carbocycles. The fourth-order valence-corrected chi connectivity index (χ4v) is 1.06. The molecule has 0 aromatic rings. The largest absolute Gasteiger partial charge is 0.366 e. The van der Waals surface area contributed by atoms with E-state index in [4.69, 9.17) is 4.74 Å². The molecule has 14 heavy (non-hydrogen) atoms. The molecule has 1 unspecified atom stereocenters. The number of hydrogen-bond acceptors (Lipinski definition) is 2. The van der Waals surface area contributed by atoms with Crippen molar-refractivity contribution in [2.24, 2.45) is 0 Å². The van der Waals surface area contributed by atoms with Gasteiger partial charge in [-0.25, -0.2) is 0 Å². The first-order valence-corrected chi connectivity index (χ1v) is 4.92. The Balaban J connectivity index is 3.60. The lowest BCUT2D eigenvalue weighted by molar-refractivity contribution is -0.202. The second-order valence-corrected chi connectivity index (χ2v) is 3.76. The predicted molar refractivity (Wildman–Crippen MR) is 58.7 cm³/mol. The SMILES string of the molecule is C=CCC#CCCC(C)OC(C)(C)O. The average molecular weight is 196 g/mol. The van der Waals surface area contributed by atoms with Crippen LogP contribution in [-0.2, 0) is 4.74 Å². The molecule has 80 valence electrons. The first kappa shape index (κ1) is 13.2. The van der Waals surface area contributed by atoms with Gasteiger partial charge < -0.3 is 9.84 Å². The van der Waals surface area contributed by atoms with E-state index in [9.17, 15) is 5.11 Å². The summed E-state index contributed by atoms with van der Waals surface area (Å²) in [7, 11) is 0. The topological polar surface area (TPSA) is 29.5 Å². The first-order chi connectivity index (χ1) is 6.45. The van der Waals surface area contributed by atoms with Crippen molar-refractivity contribution < 1.29 is 9.84 Å². The van der Waals surface area contributed by atoms with Crippen molar-refractivity contribution in [2.75, 3.05) is 0 Å². The molecule has 0 rings (SSSR count). The van der Waals surface area contributed by atoms with E-state index < -0.39 is 5.79 Å². The third-order valence-electron chi connectivity index (χ3n) is 1.54. The summed E-state index contributed by atoms with van der Waals surface area (Å²) in [4.78, 5) is 0. The van der Waals surface area contributed by atoms with Crippen molar-refractivity contribution >= 4 is 0 Å². The van der Waals surface area contributed by atoms with Crippen LogP contribution in [0.4, 0.5) is 0 Å². The van der Waals surface area contributed by atoms with Crippen LogP contribution in [-0.4, -0.2) is 17.0 Å². The molecule has 1 atom stereocenters. The zero-order chi connectivity index (χ0) is 11.0. The monoisotopic (exact) mass is 196 g/mol. The van der Waals surface area contributed by atoms with E-state index in [1.807, 2.05) is 6.92 Å². The minimum atomic E-state index is -1.05. The van der Waals surface area contributed by atoms with Crippen LogP contribution in [0.2, 0.25) is 0 Å². The lowest BCUT2D eigenvalue weighted by Crippen LogP contribution is -2.28. The van der Waals surface area contributed by atoms with Crippen LogP contribution >= 0.6 is 0 Å². The number of rotatable bonds is 5. The molecule has 0 aromatic heterocycles. The second-order valence-electron chi connectivity index (χ2n) is 3.76. The van der Waals surface area contributed by atoms with Crippen LogP contribution in [0.3, 0.4) is 0 Å². The number of ether oxygens (including phenoxy) is 1. The molecule has 0 saturated heterocycles. The number of allylic oxidation sites excluding steroid dienone is 1. The van der Waals surface area contributed by atoms with Gasteiger partial charge >= 0.3 is 0 Å². The third-order valence-corrected chi connectivity index (χ3v) is 1.54. The van der Waals surface area contributed by atoms with Gasteiger partial charge in [0.05, 0.1) is 6.10 Å². The molecule has 0 aliphatic carbocycles. The summed E-state index contributed by atoms with van der Waals surface area (Å²) in [6, 6.07) is 0. The minimum Gasteiger partial charge on any atom is -0.366 e. The van der Waals surface area contributed by atoms with Gasteiger partial charge in [0.1, 0.15) is 0 Å². The standard InChI is InChI=1S/C12H20O2/c1-5-6-7-8-9-10-11(2)14-12(3,4)13/h5,11,13H,1,6,9-10H2,2-4H3. The van der Waals surface area contributed by atoms with Crippen molar-refractivity contribution in [3.8, 4) is 11.8 Å². The Bertz CT molecular complexity index is 215. The summed E-state index contributed by atoms with van der Waals surface area (Å²) >= 11 is 0. The molecule has 0 bridgehead atoms. The summed E-state index contributed by atoms with van der Waals surface area (Å²) in [5.74, 6) is 4.94. The Morgan fingerprint density at radius 2 is 2.14 bits per heavy atom. The maximum Gasteiger partial charge on any atom is 0.160 e. The van der Waals surface area contributed by atoms with Gasteiger partial charge in [-0.1, -0.05) is 12.0 Å². The Hall–Kier alpha value is -0.780. The van der Waals surface area contributed by atoms with Crippen molar-refractivity contribution in [3.63, 3.8) is 0 Å². The van der Waals surface area contributed by atoms with Gasteiger partial charge in [-0.2, -0.15) is 0 Å². The molecule has 0 spiro atoms. The van der Waals surface area contributed by atoms with E-state index in [0.717, 1.165) is 19.3 Å². The van der Waals surface area contributed by atoms with E-state index in [0.29, 0.717) is 0 Å². The van der Waals surface area contributed by atoms with Gasteiger partial charge in [0.25, 0.3) is 0 Å². The maximum atomic E-state index is 9.36.